The van der Waals surface area contributed by atoms with Crippen molar-refractivity contribution >= 4 is 12.0 Å². The maximum absolute atomic E-state index is 11.9. The molecule has 18 heavy (non-hydrogen) atoms. The number of nitrogens with zero attached hydrogens (tertiary/aromatic N) is 1. The monoisotopic (exact) mass is 245 g/mol. The normalized spacial score (nSPS) is 16.2. The molecule has 0 bridgehead atoms. The van der Waals surface area contributed by atoms with Crippen molar-refractivity contribution in [2.24, 2.45) is 0 Å². The van der Waals surface area contributed by atoms with Gasteiger partial charge in [-0.1, -0.05) is 29.3 Å². The Balaban J connectivity index is 2.03. The number of ether oxygens (including phenoxy) is 1. The van der Waals surface area contributed by atoms with Gasteiger partial charge in [0.1, 0.15) is 0 Å². The molecule has 1 fully saturated rings. The van der Waals surface area contributed by atoms with Crippen molar-refractivity contribution in [2.45, 2.75) is 13.8 Å². The Hall–Kier alpha value is -1.61. The molecule has 1 saturated heterocycles. The first-order chi connectivity index (χ1) is 8.65. The van der Waals surface area contributed by atoms with Crippen molar-refractivity contribution < 1.29 is 9.53 Å². The molecule has 3 heteroatoms. The fourth-order valence-corrected chi connectivity index (χ4v) is 2.16. The second-order valence-electron chi connectivity index (χ2n) is 4.69. The fraction of sp³-hybridized carbons (Fsp3) is 0.400. The summed E-state index contributed by atoms with van der Waals surface area (Å²) in [6, 6.07) is 6.29. The number of morpholine rings is 1. The van der Waals surface area contributed by atoms with Crippen LogP contribution >= 0.6 is 0 Å². The summed E-state index contributed by atoms with van der Waals surface area (Å²) in [4.78, 5) is 13.7. The summed E-state index contributed by atoms with van der Waals surface area (Å²) in [6.07, 6.45) is 3.54. The van der Waals surface area contributed by atoms with Crippen LogP contribution in [0.4, 0.5) is 0 Å². The summed E-state index contributed by atoms with van der Waals surface area (Å²) in [6.45, 7) is 6.79. The van der Waals surface area contributed by atoms with E-state index in [4.69, 9.17) is 4.74 Å². The predicted octanol–water partition coefficient (Wildman–Crippen LogP) is 2.18. The number of hydrogen-bond acceptors (Lipinski definition) is 2. The van der Waals surface area contributed by atoms with Crippen LogP contribution in [0.15, 0.2) is 24.3 Å². The van der Waals surface area contributed by atoms with E-state index in [0.717, 1.165) is 5.56 Å². The number of benzene rings is 1. The van der Waals surface area contributed by atoms with Gasteiger partial charge in [0, 0.05) is 19.2 Å². The van der Waals surface area contributed by atoms with Gasteiger partial charge >= 0.3 is 0 Å². The molecule has 0 aromatic heterocycles. The van der Waals surface area contributed by atoms with Gasteiger partial charge in [0.05, 0.1) is 13.2 Å². The molecule has 1 aromatic carbocycles. The second-order valence-corrected chi connectivity index (χ2v) is 4.69. The molecule has 1 amide bonds. The van der Waals surface area contributed by atoms with Gasteiger partial charge in [-0.25, -0.2) is 0 Å². The van der Waals surface area contributed by atoms with Crippen molar-refractivity contribution in [3.63, 3.8) is 0 Å². The van der Waals surface area contributed by atoms with Crippen LogP contribution < -0.4 is 0 Å². The molecule has 0 N–H and O–H groups in total. The molecule has 96 valence electrons. The first-order valence-electron chi connectivity index (χ1n) is 6.28. The molecule has 0 unspecified atom stereocenters. The molecule has 1 aromatic rings. The Morgan fingerprint density at radius 3 is 2.39 bits per heavy atom. The van der Waals surface area contributed by atoms with E-state index in [0.29, 0.717) is 26.3 Å². The van der Waals surface area contributed by atoms with Crippen molar-refractivity contribution in [1.29, 1.82) is 0 Å². The molecule has 0 spiro atoms. The van der Waals surface area contributed by atoms with E-state index in [2.05, 4.69) is 32.0 Å². The third-order valence-electron chi connectivity index (χ3n) is 2.99. The second kappa shape index (κ2) is 5.83. The topological polar surface area (TPSA) is 29.5 Å². The Morgan fingerprint density at radius 2 is 1.78 bits per heavy atom. The van der Waals surface area contributed by atoms with Crippen LogP contribution in [0.1, 0.15) is 16.7 Å². The number of rotatable bonds is 2. The minimum atomic E-state index is 0.0671. The lowest BCUT2D eigenvalue weighted by Crippen LogP contribution is -2.39. The van der Waals surface area contributed by atoms with Crippen molar-refractivity contribution in [3.8, 4) is 0 Å². The number of carbonyl (C=O) groups excluding carboxylic acids is 1. The van der Waals surface area contributed by atoms with E-state index in [1.54, 1.807) is 6.08 Å². The molecule has 1 aliphatic heterocycles. The zero-order chi connectivity index (χ0) is 13.0. The number of amides is 1. The van der Waals surface area contributed by atoms with Crippen LogP contribution in [0.2, 0.25) is 0 Å². The summed E-state index contributed by atoms with van der Waals surface area (Å²) in [5.41, 5.74) is 3.51. The van der Waals surface area contributed by atoms with Crippen molar-refractivity contribution in [2.75, 3.05) is 26.3 Å². The highest BCUT2D eigenvalue weighted by Gasteiger charge is 2.13. The average Bonchev–Trinajstić information content (AvgIpc) is 2.36. The lowest BCUT2D eigenvalue weighted by atomic mass is 10.1. The van der Waals surface area contributed by atoms with E-state index in [-0.39, 0.29) is 5.91 Å². The molecule has 0 radical (unpaired) electrons. The minimum Gasteiger partial charge on any atom is -0.378 e. The standard InChI is InChI=1S/C15H19NO2/c1-12-9-13(2)11-14(10-12)3-4-15(17)16-5-7-18-8-6-16/h3-4,9-11H,5-8H2,1-2H3/b4-3+. The minimum absolute atomic E-state index is 0.0671. The van der Waals surface area contributed by atoms with Crippen LogP contribution in [0.25, 0.3) is 6.08 Å². The van der Waals surface area contributed by atoms with Gasteiger partial charge in [-0.15, -0.1) is 0 Å². The zero-order valence-electron chi connectivity index (χ0n) is 11.0. The van der Waals surface area contributed by atoms with E-state index in [9.17, 15) is 4.79 Å². The van der Waals surface area contributed by atoms with Crippen LogP contribution in [0, 0.1) is 13.8 Å². The predicted molar refractivity (Wildman–Crippen MR) is 72.3 cm³/mol. The lowest BCUT2D eigenvalue weighted by Gasteiger charge is -2.25. The van der Waals surface area contributed by atoms with Crippen LogP contribution in [-0.4, -0.2) is 37.1 Å². The molecular weight excluding hydrogens is 226 g/mol. The molecule has 1 heterocycles. The summed E-state index contributed by atoms with van der Waals surface area (Å²) in [5.74, 6) is 0.0671. The highest BCUT2D eigenvalue weighted by molar-refractivity contribution is 5.91. The van der Waals surface area contributed by atoms with E-state index < -0.39 is 0 Å². The number of aryl methyl sites for hydroxylation is 2. The fourth-order valence-electron chi connectivity index (χ4n) is 2.16. The SMILES string of the molecule is Cc1cc(C)cc(/C=C/C(=O)N2CCOCC2)c1. The Labute approximate surface area is 108 Å². The zero-order valence-corrected chi connectivity index (χ0v) is 11.0. The number of hydrogen-bond donors (Lipinski definition) is 0. The van der Waals surface area contributed by atoms with Crippen LogP contribution in [0.5, 0.6) is 0 Å². The van der Waals surface area contributed by atoms with Crippen LogP contribution in [-0.2, 0) is 9.53 Å². The first kappa shape index (κ1) is 12.8. The van der Waals surface area contributed by atoms with Gasteiger partial charge in [0.2, 0.25) is 5.91 Å². The molecule has 1 aliphatic rings. The van der Waals surface area contributed by atoms with Gasteiger partial charge in [-0.05, 0) is 25.5 Å². The Bertz CT molecular complexity index is 439. The first-order valence-corrected chi connectivity index (χ1v) is 6.28. The quantitative estimate of drug-likeness (QED) is 0.747. The molecule has 0 atom stereocenters. The largest absolute Gasteiger partial charge is 0.378 e. The summed E-state index contributed by atoms with van der Waals surface area (Å²) in [7, 11) is 0. The molecule has 0 saturated carbocycles. The highest BCUT2D eigenvalue weighted by atomic mass is 16.5. The van der Waals surface area contributed by atoms with Gasteiger partial charge in [0.15, 0.2) is 0 Å². The van der Waals surface area contributed by atoms with E-state index in [1.165, 1.54) is 11.1 Å². The van der Waals surface area contributed by atoms with E-state index >= 15 is 0 Å². The van der Waals surface area contributed by atoms with Gasteiger partial charge in [-0.2, -0.15) is 0 Å². The van der Waals surface area contributed by atoms with Crippen LogP contribution in [0.3, 0.4) is 0 Å². The molecular formula is C15H19NO2. The average molecular weight is 245 g/mol. The van der Waals surface area contributed by atoms with E-state index in [1.807, 2.05) is 11.0 Å². The maximum Gasteiger partial charge on any atom is 0.246 e. The van der Waals surface area contributed by atoms with Gasteiger partial charge in [-0.3, -0.25) is 4.79 Å². The Morgan fingerprint density at radius 1 is 1.17 bits per heavy atom. The third-order valence-corrected chi connectivity index (χ3v) is 2.99. The molecule has 3 nitrogen and oxygen atoms in total. The van der Waals surface area contributed by atoms with Gasteiger partial charge in [0.25, 0.3) is 0 Å². The molecule has 2 rings (SSSR count). The Kier molecular flexibility index (Phi) is 4.15. The van der Waals surface area contributed by atoms with Crippen molar-refractivity contribution in [1.82, 2.24) is 4.90 Å². The lowest BCUT2D eigenvalue weighted by molar-refractivity contribution is -0.129. The van der Waals surface area contributed by atoms with Crippen molar-refractivity contribution in [3.05, 3.63) is 41.0 Å². The smallest absolute Gasteiger partial charge is 0.246 e. The summed E-state index contributed by atoms with van der Waals surface area (Å²) >= 11 is 0. The summed E-state index contributed by atoms with van der Waals surface area (Å²) < 4.78 is 5.23. The molecule has 0 aliphatic carbocycles. The maximum atomic E-state index is 11.9. The number of carbonyl (C=O) groups is 1. The summed E-state index contributed by atoms with van der Waals surface area (Å²) in [5, 5.41) is 0. The van der Waals surface area contributed by atoms with Gasteiger partial charge < -0.3 is 9.64 Å². The third kappa shape index (κ3) is 3.44. The highest BCUT2D eigenvalue weighted by Crippen LogP contribution is 2.10.